The van der Waals surface area contributed by atoms with Crippen LogP contribution < -0.4 is 0 Å². The van der Waals surface area contributed by atoms with Crippen molar-refractivity contribution in [3.8, 4) is 0 Å². The maximum Gasteiger partial charge on any atom is 0.352 e. The molecule has 0 saturated carbocycles. The van der Waals surface area contributed by atoms with Crippen molar-refractivity contribution in [3.63, 3.8) is 0 Å². The van der Waals surface area contributed by atoms with Crippen LogP contribution in [0.4, 0.5) is 0 Å². The summed E-state index contributed by atoms with van der Waals surface area (Å²) in [5, 5.41) is 0. The second-order valence-electron chi connectivity index (χ2n) is 12.3. The average Bonchev–Trinajstić information content (AvgIpc) is 2.84. The van der Waals surface area contributed by atoms with Gasteiger partial charge in [0.1, 0.15) is 0 Å². The van der Waals surface area contributed by atoms with E-state index in [-0.39, 0.29) is 45.1 Å². The highest BCUT2D eigenvalue weighted by atomic mass is 28.5. The standard InChI is InChI=1S/C28H64O8Si4/c1-17-29-25(13)37(21(5)6)33-38(22(7)8,26(14)30-18-2)35-40(24(11)12,28(16)32-20-4)36-39(34-37,23(9)10)27(15)31-19-3/h21-28H,17-20H2,1-16H3. The van der Waals surface area contributed by atoms with Crippen LogP contribution in [0.5, 0.6) is 0 Å². The van der Waals surface area contributed by atoms with Crippen molar-refractivity contribution >= 4 is 34.2 Å². The Morgan fingerprint density at radius 2 is 0.500 bits per heavy atom. The molecule has 1 aliphatic heterocycles. The minimum atomic E-state index is -3.22. The largest absolute Gasteiger partial charge is 0.412 e. The molecule has 0 N–H and O–H groups in total. The molecule has 8 nitrogen and oxygen atoms in total. The Balaban J connectivity index is 4.33. The van der Waals surface area contributed by atoms with Gasteiger partial charge in [0.05, 0.1) is 22.9 Å². The molecule has 1 fully saturated rings. The van der Waals surface area contributed by atoms with E-state index in [0.717, 1.165) is 0 Å². The van der Waals surface area contributed by atoms with Crippen LogP contribution in [0.1, 0.15) is 111 Å². The molecule has 1 aliphatic rings. The summed E-state index contributed by atoms with van der Waals surface area (Å²) in [7, 11) is -12.9. The molecular weight excluding hydrogens is 577 g/mol. The summed E-state index contributed by atoms with van der Waals surface area (Å²) in [6.07, 6.45) is 0. The third-order valence-electron chi connectivity index (χ3n) is 8.43. The lowest BCUT2D eigenvalue weighted by molar-refractivity contribution is 0.0273. The first-order chi connectivity index (χ1) is 18.5. The van der Waals surface area contributed by atoms with Crippen LogP contribution in [0, 0.1) is 0 Å². The van der Waals surface area contributed by atoms with Crippen LogP contribution in [0.25, 0.3) is 0 Å². The van der Waals surface area contributed by atoms with Crippen LogP contribution in [0.3, 0.4) is 0 Å². The Kier molecular flexibility index (Phi) is 15.5. The zero-order valence-corrected chi connectivity index (χ0v) is 32.7. The molecule has 1 heterocycles. The van der Waals surface area contributed by atoms with Gasteiger partial charge in [0.2, 0.25) is 0 Å². The molecule has 0 spiro atoms. The van der Waals surface area contributed by atoms with Crippen LogP contribution in [0.2, 0.25) is 22.2 Å². The van der Waals surface area contributed by atoms with Crippen molar-refractivity contribution < 1.29 is 35.4 Å². The predicted octanol–water partition coefficient (Wildman–Crippen LogP) is 7.33. The van der Waals surface area contributed by atoms with Crippen LogP contribution in [0.15, 0.2) is 0 Å². The van der Waals surface area contributed by atoms with Gasteiger partial charge in [0.15, 0.2) is 0 Å². The quantitative estimate of drug-likeness (QED) is 0.162. The molecule has 0 aliphatic carbocycles. The fourth-order valence-electron chi connectivity index (χ4n) is 6.03. The molecule has 0 aromatic carbocycles. The van der Waals surface area contributed by atoms with E-state index in [9.17, 15) is 0 Å². The van der Waals surface area contributed by atoms with Gasteiger partial charge in [-0.2, -0.15) is 0 Å². The molecule has 0 aromatic rings. The van der Waals surface area contributed by atoms with Gasteiger partial charge in [0.25, 0.3) is 0 Å². The van der Waals surface area contributed by atoms with Crippen molar-refractivity contribution in [2.24, 2.45) is 0 Å². The van der Waals surface area contributed by atoms with Gasteiger partial charge in [-0.05, 0) is 77.6 Å². The van der Waals surface area contributed by atoms with E-state index in [0.29, 0.717) is 26.4 Å². The molecule has 40 heavy (non-hydrogen) atoms. The molecule has 4 unspecified atom stereocenters. The fourth-order valence-corrected chi connectivity index (χ4v) is 34.4. The third kappa shape index (κ3) is 7.60. The van der Waals surface area contributed by atoms with Gasteiger partial charge < -0.3 is 35.4 Å². The Morgan fingerprint density at radius 1 is 0.350 bits per heavy atom. The van der Waals surface area contributed by atoms with E-state index in [4.69, 9.17) is 35.4 Å². The zero-order valence-electron chi connectivity index (χ0n) is 28.7. The summed E-state index contributed by atoms with van der Waals surface area (Å²) in [4.78, 5) is 0. The summed E-state index contributed by atoms with van der Waals surface area (Å²) < 4.78 is 56.6. The smallest absolute Gasteiger partial charge is 0.352 e. The minimum Gasteiger partial charge on any atom is -0.412 e. The van der Waals surface area contributed by atoms with E-state index in [1.54, 1.807) is 0 Å². The van der Waals surface area contributed by atoms with E-state index < -0.39 is 34.2 Å². The molecule has 0 radical (unpaired) electrons. The van der Waals surface area contributed by atoms with Gasteiger partial charge in [0, 0.05) is 26.4 Å². The lowest BCUT2D eigenvalue weighted by Gasteiger charge is -2.60. The monoisotopic (exact) mass is 640 g/mol. The molecule has 1 saturated heterocycles. The van der Waals surface area contributed by atoms with E-state index in [1.165, 1.54) is 0 Å². The Labute approximate surface area is 251 Å². The highest BCUT2D eigenvalue weighted by Crippen LogP contribution is 2.50. The number of hydrogen-bond acceptors (Lipinski definition) is 8. The first kappa shape index (κ1) is 38.6. The highest BCUT2D eigenvalue weighted by molar-refractivity contribution is 6.97. The summed E-state index contributed by atoms with van der Waals surface area (Å²) in [6.45, 7) is 36.5. The maximum atomic E-state index is 7.75. The number of rotatable bonds is 16. The lowest BCUT2D eigenvalue weighted by atomic mass is 10.6. The first-order valence-corrected chi connectivity index (χ1v) is 23.7. The molecule has 0 bridgehead atoms. The zero-order chi connectivity index (χ0) is 31.1. The van der Waals surface area contributed by atoms with Gasteiger partial charge in [-0.1, -0.05) is 55.4 Å². The third-order valence-corrected chi connectivity index (χ3v) is 30.3. The molecule has 0 aromatic heterocycles. The van der Waals surface area contributed by atoms with E-state index in [2.05, 4.69) is 83.1 Å². The van der Waals surface area contributed by atoms with E-state index in [1.807, 2.05) is 27.7 Å². The maximum absolute atomic E-state index is 7.75. The summed E-state index contributed by atoms with van der Waals surface area (Å²) in [6, 6.07) is 0. The number of hydrogen-bond donors (Lipinski definition) is 0. The van der Waals surface area contributed by atoms with Crippen LogP contribution >= 0.6 is 0 Å². The molecule has 0 amide bonds. The summed E-state index contributed by atoms with van der Waals surface area (Å²) in [5.74, 6) is 0. The highest BCUT2D eigenvalue weighted by Gasteiger charge is 2.71. The molecule has 4 atom stereocenters. The Hall–Kier alpha value is 0.548. The van der Waals surface area contributed by atoms with Crippen LogP contribution in [-0.2, 0) is 35.4 Å². The summed E-state index contributed by atoms with van der Waals surface area (Å²) >= 11 is 0. The molecule has 240 valence electrons. The van der Waals surface area contributed by atoms with Crippen molar-refractivity contribution in [1.29, 1.82) is 0 Å². The lowest BCUT2D eigenvalue weighted by Crippen LogP contribution is -2.81. The second-order valence-corrected chi connectivity index (χ2v) is 29.2. The van der Waals surface area contributed by atoms with Gasteiger partial charge in [-0.15, -0.1) is 0 Å². The van der Waals surface area contributed by atoms with Crippen molar-refractivity contribution in [1.82, 2.24) is 0 Å². The Bertz CT molecular complexity index is 611. The second kappa shape index (κ2) is 16.0. The van der Waals surface area contributed by atoms with Crippen molar-refractivity contribution in [2.45, 2.75) is 156 Å². The Morgan fingerprint density at radius 3 is 0.600 bits per heavy atom. The molecule has 1 rings (SSSR count). The van der Waals surface area contributed by atoms with Gasteiger partial charge in [-0.25, -0.2) is 0 Å². The SMILES string of the molecule is CCOC(C)[Si]1(C(C)C)O[Si](C(C)C)(C(C)OCC)O[Si](C(C)C)(C(C)OCC)O[Si](C(C)C)(C(C)OCC)O1. The van der Waals surface area contributed by atoms with Crippen LogP contribution in [-0.4, -0.2) is 83.6 Å². The normalized spacial score (nSPS) is 33.3. The molecule has 12 heteroatoms. The van der Waals surface area contributed by atoms with Gasteiger partial charge in [-0.3, -0.25) is 0 Å². The van der Waals surface area contributed by atoms with Crippen molar-refractivity contribution in [3.05, 3.63) is 0 Å². The fraction of sp³-hybridized carbons (Fsp3) is 1.00. The number of ether oxygens (including phenoxy) is 4. The average molecular weight is 641 g/mol. The first-order valence-electron chi connectivity index (χ1n) is 15.8. The predicted molar refractivity (Wildman–Crippen MR) is 172 cm³/mol. The minimum absolute atomic E-state index is 0.0673. The van der Waals surface area contributed by atoms with Gasteiger partial charge >= 0.3 is 34.2 Å². The van der Waals surface area contributed by atoms with E-state index >= 15 is 0 Å². The topological polar surface area (TPSA) is 73.8 Å². The van der Waals surface area contributed by atoms with Crippen molar-refractivity contribution in [2.75, 3.05) is 26.4 Å². The summed E-state index contributed by atoms with van der Waals surface area (Å²) in [5.41, 5.74) is -0.727. The molecular formula is C28H64O8Si4.